The van der Waals surface area contributed by atoms with E-state index in [1.807, 2.05) is 5.11 Å². The van der Waals surface area contributed by atoms with Crippen molar-refractivity contribution < 1.29 is 5.11 Å². The van der Waals surface area contributed by atoms with Crippen LogP contribution in [0, 0.1) is 6.08 Å². The average molecular weight is 105 g/mol. The van der Waals surface area contributed by atoms with Crippen LogP contribution in [0.25, 0.3) is 5.53 Å². The fourth-order valence-electron chi connectivity index (χ4n) is 0.461. The summed E-state index contributed by atoms with van der Waals surface area (Å²) < 4.78 is 0. The van der Waals surface area contributed by atoms with E-state index in [4.69, 9.17) is 5.53 Å². The van der Waals surface area contributed by atoms with Crippen LogP contribution >= 0.6 is 0 Å². The van der Waals surface area contributed by atoms with Gasteiger partial charge < -0.3 is 5.53 Å². The van der Waals surface area contributed by atoms with Crippen LogP contribution in [-0.2, 0) is 0 Å². The van der Waals surface area contributed by atoms with Gasteiger partial charge in [-0.2, -0.15) is 0 Å². The van der Waals surface area contributed by atoms with E-state index in [1.54, 1.807) is 24.3 Å². The minimum Gasteiger partial charge on any atom is -0.500 e. The first kappa shape index (κ1) is 4.88. The van der Waals surface area contributed by atoms with Crippen molar-refractivity contribution in [1.82, 2.24) is 0 Å². The molecule has 0 saturated heterocycles. The fraction of sp³-hybridized carbons (Fsp3) is 0. The summed E-state index contributed by atoms with van der Waals surface area (Å²) in [5.74, 6) is 0. The van der Waals surface area contributed by atoms with E-state index in [9.17, 15) is 0 Å². The second-order valence-electron chi connectivity index (χ2n) is 1.40. The summed E-state index contributed by atoms with van der Waals surface area (Å²) in [5, 5.41) is 2.01. The Balaban J connectivity index is 2.82. The third-order valence-corrected chi connectivity index (χ3v) is 0.847. The lowest BCUT2D eigenvalue weighted by Crippen LogP contribution is -2.59. The molecule has 1 N–H and O–H groups in total. The first-order valence-electron chi connectivity index (χ1n) is 2.29. The molecule has 0 aromatic carbocycles. The highest BCUT2D eigenvalue weighted by atomic mass is 15.0. The van der Waals surface area contributed by atoms with Crippen LogP contribution in [0.3, 0.4) is 0 Å². The lowest BCUT2D eigenvalue weighted by Gasteiger charge is -1.78. The second kappa shape index (κ2) is 2.15. The number of rotatable bonds is 1. The molecule has 0 unspecified atom stereocenters. The molecular formula is C6H5N2+. The first-order valence-corrected chi connectivity index (χ1v) is 2.29. The van der Waals surface area contributed by atoms with Crippen molar-refractivity contribution in [2.75, 3.05) is 0 Å². The molecule has 0 aromatic heterocycles. The van der Waals surface area contributed by atoms with E-state index in [0.717, 1.165) is 0 Å². The summed E-state index contributed by atoms with van der Waals surface area (Å²) in [5.41, 5.74) is 8.96. The van der Waals surface area contributed by atoms with Crippen LogP contribution in [-0.4, -0.2) is 0 Å². The van der Waals surface area contributed by atoms with Gasteiger partial charge in [-0.3, -0.25) is 5.11 Å². The summed E-state index contributed by atoms with van der Waals surface area (Å²) in [6.07, 6.45) is 9.70. The van der Waals surface area contributed by atoms with Crippen LogP contribution in [0.1, 0.15) is 0 Å². The lowest BCUT2D eigenvalue weighted by molar-refractivity contribution is -0.416. The Morgan fingerprint density at radius 3 is 2.88 bits per heavy atom. The minimum absolute atomic E-state index is 0.684. The van der Waals surface area contributed by atoms with E-state index in [2.05, 4.69) is 6.08 Å². The molecule has 0 saturated carbocycles. The van der Waals surface area contributed by atoms with Crippen molar-refractivity contribution in [1.29, 1.82) is 0 Å². The molecule has 2 nitrogen and oxygen atoms in total. The van der Waals surface area contributed by atoms with Crippen molar-refractivity contribution in [3.8, 4) is 0 Å². The zero-order valence-electron chi connectivity index (χ0n) is 4.26. The summed E-state index contributed by atoms with van der Waals surface area (Å²) in [4.78, 5) is 0. The number of hydrogen-bond donors (Lipinski definition) is 1. The summed E-state index contributed by atoms with van der Waals surface area (Å²) in [6.45, 7) is 0. The van der Waals surface area contributed by atoms with Gasteiger partial charge in [0.05, 0.1) is 0 Å². The maximum atomic E-state index is 8.27. The van der Waals surface area contributed by atoms with Gasteiger partial charge in [0.15, 0.2) is 0 Å². The highest BCUT2D eigenvalue weighted by Gasteiger charge is 1.99. The van der Waals surface area contributed by atoms with E-state index in [-0.39, 0.29) is 0 Å². The Kier molecular flexibility index (Phi) is 1.31. The van der Waals surface area contributed by atoms with Crippen LogP contribution in [0.4, 0.5) is 0 Å². The topological polar surface area (TPSA) is 36.3 Å². The lowest BCUT2D eigenvalue weighted by atomic mass is 10.3. The van der Waals surface area contributed by atoms with E-state index in [1.165, 1.54) is 0 Å². The predicted molar refractivity (Wildman–Crippen MR) is 29.4 cm³/mol. The van der Waals surface area contributed by atoms with Gasteiger partial charge >= 0.3 is 5.70 Å². The number of hydrogen-bond acceptors (Lipinski definition) is 0. The molecule has 8 heavy (non-hydrogen) atoms. The van der Waals surface area contributed by atoms with E-state index >= 15 is 0 Å². The Morgan fingerprint density at radius 1 is 1.62 bits per heavy atom. The molecule has 1 aliphatic rings. The molecule has 38 valence electrons. The van der Waals surface area contributed by atoms with Crippen molar-refractivity contribution in [3.05, 3.63) is 41.6 Å². The van der Waals surface area contributed by atoms with Crippen LogP contribution in [0.2, 0.25) is 0 Å². The largest absolute Gasteiger partial charge is 0.500 e. The van der Waals surface area contributed by atoms with Gasteiger partial charge in [0, 0.05) is 6.08 Å². The summed E-state index contributed by atoms with van der Waals surface area (Å²) >= 11 is 0. The molecule has 0 heterocycles. The Morgan fingerprint density at radius 2 is 2.50 bits per heavy atom. The van der Waals surface area contributed by atoms with Gasteiger partial charge in [-0.25, -0.2) is 0 Å². The van der Waals surface area contributed by atoms with Gasteiger partial charge in [-0.15, -0.1) is 0 Å². The molecule has 0 radical (unpaired) electrons. The average Bonchev–Trinajstić information content (AvgIpc) is 1.90. The van der Waals surface area contributed by atoms with Crippen molar-refractivity contribution in [2.45, 2.75) is 0 Å². The van der Waals surface area contributed by atoms with Crippen LogP contribution < -0.4 is 5.11 Å². The predicted octanol–water partition coefficient (Wildman–Crippen LogP) is -0.0983. The van der Waals surface area contributed by atoms with Crippen molar-refractivity contribution >= 4 is 0 Å². The van der Waals surface area contributed by atoms with E-state index in [0.29, 0.717) is 5.70 Å². The number of nitrogens with zero attached hydrogens (tertiary/aromatic N) is 1. The summed E-state index contributed by atoms with van der Waals surface area (Å²) in [6, 6.07) is 0. The Labute approximate surface area is 47.7 Å². The highest BCUT2D eigenvalue weighted by Crippen LogP contribution is 1.91. The molecule has 0 bridgehead atoms. The molecule has 0 spiro atoms. The van der Waals surface area contributed by atoms with Crippen LogP contribution in [0.5, 0.6) is 0 Å². The summed E-state index contributed by atoms with van der Waals surface area (Å²) in [7, 11) is 0. The quantitative estimate of drug-likeness (QED) is 0.357. The van der Waals surface area contributed by atoms with Crippen molar-refractivity contribution in [2.24, 2.45) is 0 Å². The molecule has 0 aromatic rings. The van der Waals surface area contributed by atoms with Crippen molar-refractivity contribution in [3.63, 3.8) is 0 Å². The molecule has 0 aliphatic heterocycles. The zero-order valence-corrected chi connectivity index (χ0v) is 4.26. The van der Waals surface area contributed by atoms with Gasteiger partial charge in [0.25, 0.3) is 0 Å². The van der Waals surface area contributed by atoms with E-state index < -0.39 is 0 Å². The second-order valence-corrected chi connectivity index (χ2v) is 1.40. The van der Waals surface area contributed by atoms with Gasteiger partial charge in [0.2, 0.25) is 0 Å². The maximum absolute atomic E-state index is 8.27. The highest BCUT2D eigenvalue weighted by molar-refractivity contribution is 5.23. The fourth-order valence-corrected chi connectivity index (χ4v) is 0.461. The third kappa shape index (κ3) is 0.863. The number of nitrogens with one attached hydrogen (secondary N) is 1. The molecular weight excluding hydrogens is 100 g/mol. The zero-order chi connectivity index (χ0) is 5.82. The number of allylic oxidation sites excluding steroid dienone is 5. The monoisotopic (exact) mass is 105 g/mol. The first-order chi connectivity index (χ1) is 3.93. The standard InChI is InChI=1S/C6H5N2/c7-8-6-4-2-1-3-5-6/h2-5,8H/q+1. The Bertz CT molecular complexity index is 175. The normalized spacial score (nSPS) is 14.8. The third-order valence-electron chi connectivity index (χ3n) is 0.847. The molecule has 0 atom stereocenters. The minimum atomic E-state index is 0.684. The van der Waals surface area contributed by atoms with Crippen LogP contribution in [0.15, 0.2) is 30.0 Å². The molecule has 0 amide bonds. The molecule has 1 rings (SSSR count). The molecule has 2 heteroatoms. The smallest absolute Gasteiger partial charge is 0.301 e. The maximum Gasteiger partial charge on any atom is 0.301 e. The molecule has 0 fully saturated rings. The SMILES string of the molecule is [N-]=[NH+]C1=CC=[C+]C=C1. The Hall–Kier alpha value is -1.27. The van der Waals surface area contributed by atoms with Gasteiger partial charge in [-0.1, -0.05) is 0 Å². The van der Waals surface area contributed by atoms with Gasteiger partial charge in [-0.05, 0) is 0 Å². The van der Waals surface area contributed by atoms with Gasteiger partial charge in [0.1, 0.15) is 24.3 Å². The molecule has 1 aliphatic carbocycles.